The van der Waals surface area contributed by atoms with E-state index in [0.29, 0.717) is 19.4 Å². The van der Waals surface area contributed by atoms with Crippen LogP contribution in [0, 0.1) is 12.7 Å². The lowest BCUT2D eigenvalue weighted by atomic mass is 9.81. The van der Waals surface area contributed by atoms with Crippen LogP contribution in [0.3, 0.4) is 0 Å². The average molecular weight is 357 g/mol. The lowest BCUT2D eigenvalue weighted by Crippen LogP contribution is -2.24. The molecule has 1 heterocycles. The summed E-state index contributed by atoms with van der Waals surface area (Å²) in [6.45, 7) is 3.19. The third-order valence-electron chi connectivity index (χ3n) is 4.50. The molecule has 0 saturated carbocycles. The number of nitrogen functional groups attached to an aromatic ring is 1. The predicted molar refractivity (Wildman–Crippen MR) is 99.7 cm³/mol. The first-order valence-corrected chi connectivity index (χ1v) is 8.66. The van der Waals surface area contributed by atoms with E-state index in [4.69, 9.17) is 10.6 Å². The number of aryl methyl sites for hydroxylation is 1. The molecule has 0 fully saturated rings. The number of likely N-dealkylation sites (N-methyl/N-ethyl adjacent to an activating group) is 1. The monoisotopic (exact) mass is 357 g/mol. The van der Waals surface area contributed by atoms with Gasteiger partial charge in [0.15, 0.2) is 0 Å². The van der Waals surface area contributed by atoms with E-state index in [1.54, 1.807) is 0 Å². The molecule has 2 aromatic rings. The van der Waals surface area contributed by atoms with Gasteiger partial charge in [-0.25, -0.2) is 14.4 Å². The van der Waals surface area contributed by atoms with Crippen molar-refractivity contribution in [2.45, 2.75) is 25.7 Å². The van der Waals surface area contributed by atoms with Gasteiger partial charge in [-0.1, -0.05) is 17.3 Å². The molecule has 0 spiro atoms. The fourth-order valence-corrected chi connectivity index (χ4v) is 3.22. The van der Waals surface area contributed by atoms with E-state index in [1.165, 1.54) is 12.1 Å². The molecule has 0 aliphatic heterocycles. The topological polar surface area (TPSA) is 76.6 Å². The molecule has 1 aliphatic rings. The van der Waals surface area contributed by atoms with E-state index >= 15 is 0 Å². The summed E-state index contributed by atoms with van der Waals surface area (Å²) in [5.74, 6) is 0.162. The zero-order valence-corrected chi connectivity index (χ0v) is 15.4. The van der Waals surface area contributed by atoms with Gasteiger partial charge < -0.3 is 15.5 Å². The molecule has 7 heteroatoms. The quantitative estimate of drug-likeness (QED) is 0.657. The maximum absolute atomic E-state index is 13.3. The van der Waals surface area contributed by atoms with Crippen molar-refractivity contribution >= 4 is 11.7 Å². The fraction of sp³-hybridized carbons (Fsp3) is 0.421. The molecule has 0 amide bonds. The molecule has 0 radical (unpaired) electrons. The van der Waals surface area contributed by atoms with Gasteiger partial charge in [0.1, 0.15) is 12.4 Å². The summed E-state index contributed by atoms with van der Waals surface area (Å²) in [4.78, 5) is 16.3. The van der Waals surface area contributed by atoms with Crippen LogP contribution in [0.4, 0.5) is 10.3 Å². The molecule has 1 atom stereocenters. The van der Waals surface area contributed by atoms with Crippen LogP contribution in [0.15, 0.2) is 29.4 Å². The summed E-state index contributed by atoms with van der Waals surface area (Å²) in [6, 6.07) is 6.59. The van der Waals surface area contributed by atoms with Crippen molar-refractivity contribution in [1.82, 2.24) is 14.9 Å². The van der Waals surface area contributed by atoms with E-state index in [1.807, 2.05) is 38.1 Å². The zero-order valence-electron chi connectivity index (χ0n) is 15.4. The summed E-state index contributed by atoms with van der Waals surface area (Å²) in [5.41, 5.74) is 10.3. The van der Waals surface area contributed by atoms with Gasteiger partial charge in [-0.05, 0) is 51.1 Å². The largest absolute Gasteiger partial charge is 0.394 e. The molecule has 1 aliphatic carbocycles. The predicted octanol–water partition coefficient (Wildman–Crippen LogP) is 2.52. The summed E-state index contributed by atoms with van der Waals surface area (Å²) in [6.07, 6.45) is 1.40. The van der Waals surface area contributed by atoms with Crippen molar-refractivity contribution in [2.75, 3.05) is 33.0 Å². The Morgan fingerprint density at radius 1 is 1.23 bits per heavy atom. The van der Waals surface area contributed by atoms with Crippen LogP contribution in [0.25, 0.3) is 0 Å². The van der Waals surface area contributed by atoms with Crippen LogP contribution in [-0.4, -0.2) is 47.8 Å². The first-order chi connectivity index (χ1) is 12.4. The Bertz CT molecular complexity index is 804. The smallest absolute Gasteiger partial charge is 0.220 e. The molecule has 26 heavy (non-hydrogen) atoms. The van der Waals surface area contributed by atoms with Crippen molar-refractivity contribution in [3.8, 4) is 0 Å². The van der Waals surface area contributed by atoms with Crippen LogP contribution < -0.4 is 5.73 Å². The van der Waals surface area contributed by atoms with Crippen molar-refractivity contribution in [2.24, 2.45) is 5.16 Å². The summed E-state index contributed by atoms with van der Waals surface area (Å²) in [7, 11) is 3.97. The minimum atomic E-state index is -0.242. The number of nitrogens with two attached hydrogens (primary N) is 1. The Morgan fingerprint density at radius 3 is 2.65 bits per heavy atom. The highest BCUT2D eigenvalue weighted by Gasteiger charge is 2.29. The molecule has 6 nitrogen and oxygen atoms in total. The number of benzene rings is 1. The van der Waals surface area contributed by atoms with E-state index in [0.717, 1.165) is 34.8 Å². The van der Waals surface area contributed by atoms with Crippen molar-refractivity contribution < 1.29 is 9.23 Å². The Hall–Kier alpha value is -2.54. The summed E-state index contributed by atoms with van der Waals surface area (Å²) >= 11 is 0. The second kappa shape index (κ2) is 7.78. The van der Waals surface area contributed by atoms with E-state index in [-0.39, 0.29) is 17.7 Å². The number of hydrogen-bond acceptors (Lipinski definition) is 6. The van der Waals surface area contributed by atoms with Gasteiger partial charge in [0.05, 0.1) is 17.1 Å². The number of rotatable bonds is 5. The molecule has 138 valence electrons. The Balaban J connectivity index is 1.91. The molecule has 0 saturated heterocycles. The van der Waals surface area contributed by atoms with Crippen LogP contribution in [0.5, 0.6) is 0 Å². The van der Waals surface area contributed by atoms with Gasteiger partial charge >= 0.3 is 0 Å². The summed E-state index contributed by atoms with van der Waals surface area (Å²) < 4.78 is 13.3. The van der Waals surface area contributed by atoms with Gasteiger partial charge in [-0.3, -0.25) is 0 Å². The highest BCUT2D eigenvalue weighted by molar-refractivity contribution is 6.03. The maximum Gasteiger partial charge on any atom is 0.220 e. The lowest BCUT2D eigenvalue weighted by Gasteiger charge is -2.26. The summed E-state index contributed by atoms with van der Waals surface area (Å²) in [5, 5.41) is 4.38. The van der Waals surface area contributed by atoms with Gasteiger partial charge in [-0.15, -0.1) is 0 Å². The number of hydrogen-bond donors (Lipinski definition) is 1. The third kappa shape index (κ3) is 4.16. The van der Waals surface area contributed by atoms with Crippen molar-refractivity contribution in [3.63, 3.8) is 0 Å². The first-order valence-electron chi connectivity index (χ1n) is 8.66. The van der Waals surface area contributed by atoms with Gasteiger partial charge in [0.2, 0.25) is 5.95 Å². The molecule has 1 aromatic carbocycles. The Labute approximate surface area is 152 Å². The molecular formula is C19H24FN5O. The minimum Gasteiger partial charge on any atom is -0.394 e. The zero-order chi connectivity index (χ0) is 18.7. The van der Waals surface area contributed by atoms with Gasteiger partial charge in [0.25, 0.3) is 0 Å². The second-order valence-electron chi connectivity index (χ2n) is 6.82. The van der Waals surface area contributed by atoms with Crippen LogP contribution in [0.1, 0.15) is 34.9 Å². The Kier molecular flexibility index (Phi) is 5.46. The normalized spacial score (nSPS) is 18.2. The van der Waals surface area contributed by atoms with Gasteiger partial charge in [0, 0.05) is 18.5 Å². The van der Waals surface area contributed by atoms with E-state index in [9.17, 15) is 4.39 Å². The van der Waals surface area contributed by atoms with Crippen LogP contribution in [0.2, 0.25) is 0 Å². The number of nitrogens with zero attached hydrogens (tertiary/aromatic N) is 4. The van der Waals surface area contributed by atoms with E-state index < -0.39 is 0 Å². The van der Waals surface area contributed by atoms with Crippen LogP contribution in [-0.2, 0) is 11.3 Å². The highest BCUT2D eigenvalue weighted by Crippen LogP contribution is 2.33. The highest BCUT2D eigenvalue weighted by atomic mass is 19.1. The van der Waals surface area contributed by atoms with Crippen LogP contribution >= 0.6 is 0 Å². The first kappa shape index (κ1) is 18.3. The second-order valence-corrected chi connectivity index (χ2v) is 6.82. The molecule has 1 unspecified atom stereocenters. The Morgan fingerprint density at radius 2 is 1.96 bits per heavy atom. The molecule has 2 N–H and O–H groups in total. The number of halogens is 1. The van der Waals surface area contributed by atoms with Gasteiger partial charge in [-0.2, -0.15) is 0 Å². The number of aromatic nitrogens is 2. The third-order valence-corrected chi connectivity index (χ3v) is 4.50. The standard InChI is InChI=1S/C19H24FN5O/c1-12-18-16(23-19(21)22-12)10-14(13-4-6-15(20)7-5-13)11-17(18)24-26-9-8-25(2)3/h4-7,14H,8-11H2,1-3H3,(H2,21,22,23)/b24-17+. The van der Waals surface area contributed by atoms with E-state index in [2.05, 4.69) is 15.1 Å². The maximum atomic E-state index is 13.3. The SMILES string of the molecule is Cc1nc(N)nc2c1/C(=N/OCCN(C)C)CC(c1ccc(F)cc1)C2. The van der Waals surface area contributed by atoms with Crippen molar-refractivity contribution in [1.29, 1.82) is 0 Å². The fourth-order valence-electron chi connectivity index (χ4n) is 3.22. The lowest BCUT2D eigenvalue weighted by molar-refractivity contribution is 0.125. The molecule has 0 bridgehead atoms. The number of fused-ring (bicyclic) bond motifs is 1. The number of anilines is 1. The molecule has 3 rings (SSSR count). The minimum absolute atomic E-state index is 0.146. The average Bonchev–Trinajstić information content (AvgIpc) is 2.58. The molecule has 1 aromatic heterocycles. The van der Waals surface area contributed by atoms with Crippen molar-refractivity contribution in [3.05, 3.63) is 52.6 Å². The molecular weight excluding hydrogens is 333 g/mol. The number of oxime groups is 1.